The summed E-state index contributed by atoms with van der Waals surface area (Å²) in [7, 11) is 0. The van der Waals surface area contributed by atoms with Crippen LogP contribution >= 0.6 is 0 Å². The number of aromatic nitrogens is 5. The lowest BCUT2D eigenvalue weighted by molar-refractivity contribution is -0.141. The van der Waals surface area contributed by atoms with Crippen LogP contribution < -0.4 is 0 Å². The van der Waals surface area contributed by atoms with E-state index in [4.69, 9.17) is 0 Å². The highest BCUT2D eigenvalue weighted by molar-refractivity contribution is 5.95. The molecule has 0 aliphatic carbocycles. The Hall–Kier alpha value is -3.05. The molecule has 1 saturated heterocycles. The molecule has 0 radical (unpaired) electrons. The summed E-state index contributed by atoms with van der Waals surface area (Å²) in [5, 5.41) is 10.5. The van der Waals surface area contributed by atoms with Crippen LogP contribution in [0.1, 0.15) is 21.7 Å². The van der Waals surface area contributed by atoms with Crippen molar-refractivity contribution in [3.8, 4) is 0 Å². The van der Waals surface area contributed by atoms with Crippen molar-refractivity contribution in [1.82, 2.24) is 35.0 Å². The van der Waals surface area contributed by atoms with Gasteiger partial charge in [-0.3, -0.25) is 9.59 Å². The van der Waals surface area contributed by atoms with Crippen LogP contribution in [0, 0.1) is 6.92 Å². The lowest BCUT2D eigenvalue weighted by atomic mass is 10.1. The van der Waals surface area contributed by atoms with Gasteiger partial charge in [0.1, 0.15) is 18.6 Å². The highest BCUT2D eigenvalue weighted by atomic mass is 19.4. The average molecular weight is 383 g/mol. The van der Waals surface area contributed by atoms with Gasteiger partial charge in [0.05, 0.1) is 11.3 Å². The maximum Gasteiger partial charge on any atom is 0.433 e. The molecule has 1 aliphatic rings. The molecule has 3 rings (SSSR count). The van der Waals surface area contributed by atoms with Crippen molar-refractivity contribution in [3.63, 3.8) is 0 Å². The van der Waals surface area contributed by atoms with Crippen molar-refractivity contribution in [1.29, 1.82) is 0 Å². The maximum atomic E-state index is 12.7. The lowest BCUT2D eigenvalue weighted by Gasteiger charge is -2.35. The standard InChI is InChI=1S/C15H16F3N7O2/c1-10-11(2-3-12(20-10)15(16,17)18)14(27)24-6-4-23(5-7-24)13(26)8-25-9-19-21-22-25/h2-3,9H,4-8H2,1H3. The molecular weight excluding hydrogens is 367 g/mol. The van der Waals surface area contributed by atoms with Gasteiger partial charge in [0.25, 0.3) is 5.91 Å². The molecule has 27 heavy (non-hydrogen) atoms. The minimum atomic E-state index is -4.56. The molecule has 0 aromatic carbocycles. The van der Waals surface area contributed by atoms with E-state index in [2.05, 4.69) is 20.5 Å². The third kappa shape index (κ3) is 4.20. The van der Waals surface area contributed by atoms with Crippen molar-refractivity contribution in [3.05, 3.63) is 35.4 Å². The van der Waals surface area contributed by atoms with Crippen molar-refractivity contribution >= 4 is 11.8 Å². The Bertz CT molecular complexity index is 830. The highest BCUT2D eigenvalue weighted by Crippen LogP contribution is 2.28. The van der Waals surface area contributed by atoms with E-state index < -0.39 is 17.8 Å². The Morgan fingerprint density at radius 2 is 1.78 bits per heavy atom. The molecule has 1 aliphatic heterocycles. The number of nitrogens with zero attached hydrogens (tertiary/aromatic N) is 7. The summed E-state index contributed by atoms with van der Waals surface area (Å²) >= 11 is 0. The lowest BCUT2D eigenvalue weighted by Crippen LogP contribution is -2.51. The number of tetrazole rings is 1. The number of alkyl halides is 3. The molecule has 2 amide bonds. The number of rotatable bonds is 3. The molecule has 0 bridgehead atoms. The first-order valence-corrected chi connectivity index (χ1v) is 8.08. The van der Waals surface area contributed by atoms with Crippen LogP contribution in [0.5, 0.6) is 0 Å². The molecule has 0 N–H and O–H groups in total. The predicted molar refractivity (Wildman–Crippen MR) is 84.3 cm³/mol. The van der Waals surface area contributed by atoms with Gasteiger partial charge in [-0.2, -0.15) is 13.2 Å². The van der Waals surface area contributed by atoms with Crippen molar-refractivity contribution in [2.45, 2.75) is 19.6 Å². The number of hydrogen-bond donors (Lipinski definition) is 0. The van der Waals surface area contributed by atoms with Gasteiger partial charge in [-0.1, -0.05) is 0 Å². The second-order valence-electron chi connectivity index (χ2n) is 6.01. The molecule has 2 aromatic rings. The zero-order valence-electron chi connectivity index (χ0n) is 14.3. The van der Waals surface area contributed by atoms with E-state index in [-0.39, 0.29) is 36.8 Å². The summed E-state index contributed by atoms with van der Waals surface area (Å²) in [5.74, 6) is -0.580. The fourth-order valence-corrected chi connectivity index (χ4v) is 2.77. The van der Waals surface area contributed by atoms with Crippen molar-refractivity contribution in [2.24, 2.45) is 0 Å². The number of piperazine rings is 1. The van der Waals surface area contributed by atoms with Crippen LogP contribution in [0.4, 0.5) is 13.2 Å². The van der Waals surface area contributed by atoms with Crippen LogP contribution in [0.2, 0.25) is 0 Å². The minimum absolute atomic E-state index is 0.00286. The Kier molecular flexibility index (Phi) is 5.06. The first-order valence-electron chi connectivity index (χ1n) is 8.08. The number of amides is 2. The van der Waals surface area contributed by atoms with Crippen molar-refractivity contribution in [2.75, 3.05) is 26.2 Å². The van der Waals surface area contributed by atoms with E-state index in [0.29, 0.717) is 13.1 Å². The molecule has 12 heteroatoms. The van der Waals surface area contributed by atoms with E-state index in [1.807, 2.05) is 0 Å². The van der Waals surface area contributed by atoms with E-state index >= 15 is 0 Å². The van der Waals surface area contributed by atoms with Gasteiger partial charge in [-0.05, 0) is 29.5 Å². The van der Waals surface area contributed by atoms with Gasteiger partial charge in [0.2, 0.25) is 5.91 Å². The van der Waals surface area contributed by atoms with Gasteiger partial charge >= 0.3 is 6.18 Å². The molecule has 1 fully saturated rings. The number of aryl methyl sites for hydroxylation is 1. The number of carbonyl (C=O) groups excluding carboxylic acids is 2. The van der Waals surface area contributed by atoms with Crippen LogP contribution in [0.25, 0.3) is 0 Å². The Balaban J connectivity index is 1.61. The highest BCUT2D eigenvalue weighted by Gasteiger charge is 2.33. The molecular formula is C15H16F3N7O2. The number of carbonyl (C=O) groups is 2. The van der Waals surface area contributed by atoms with Crippen molar-refractivity contribution < 1.29 is 22.8 Å². The van der Waals surface area contributed by atoms with E-state index in [1.54, 1.807) is 4.90 Å². The zero-order valence-corrected chi connectivity index (χ0v) is 14.3. The third-order valence-electron chi connectivity index (χ3n) is 4.21. The molecule has 144 valence electrons. The monoisotopic (exact) mass is 383 g/mol. The largest absolute Gasteiger partial charge is 0.433 e. The van der Waals surface area contributed by atoms with Gasteiger partial charge in [-0.25, -0.2) is 9.67 Å². The van der Waals surface area contributed by atoms with Gasteiger partial charge < -0.3 is 9.80 Å². The summed E-state index contributed by atoms with van der Waals surface area (Å²) < 4.78 is 39.4. The van der Waals surface area contributed by atoms with Crippen LogP contribution in [0.3, 0.4) is 0 Å². The quantitative estimate of drug-likeness (QED) is 0.760. The van der Waals surface area contributed by atoms with E-state index in [1.165, 1.54) is 22.8 Å². The molecule has 3 heterocycles. The first kappa shape index (κ1) is 18.7. The van der Waals surface area contributed by atoms with Crippen LogP contribution in [0.15, 0.2) is 18.5 Å². The second kappa shape index (κ2) is 7.29. The number of hydrogen-bond acceptors (Lipinski definition) is 6. The second-order valence-corrected chi connectivity index (χ2v) is 6.01. The molecule has 0 saturated carbocycles. The van der Waals surface area contributed by atoms with E-state index in [9.17, 15) is 22.8 Å². The van der Waals surface area contributed by atoms with Gasteiger partial charge in [0.15, 0.2) is 0 Å². The number of pyridine rings is 1. The summed E-state index contributed by atoms with van der Waals surface area (Å²) in [4.78, 5) is 31.3. The predicted octanol–water partition coefficient (Wildman–Crippen LogP) is 0.380. The molecule has 0 atom stereocenters. The normalized spacial score (nSPS) is 15.1. The molecule has 2 aromatic heterocycles. The fraction of sp³-hybridized carbons (Fsp3) is 0.467. The van der Waals surface area contributed by atoms with Gasteiger partial charge in [0, 0.05) is 26.2 Å². The molecule has 0 spiro atoms. The number of halogens is 3. The summed E-state index contributed by atoms with van der Waals surface area (Å²) in [6.07, 6.45) is -3.23. The summed E-state index contributed by atoms with van der Waals surface area (Å²) in [6, 6.07) is 1.94. The fourth-order valence-electron chi connectivity index (χ4n) is 2.77. The minimum Gasteiger partial charge on any atom is -0.338 e. The SMILES string of the molecule is Cc1nc(C(F)(F)F)ccc1C(=O)N1CCN(C(=O)Cn2cnnn2)CC1. The Morgan fingerprint density at radius 3 is 2.33 bits per heavy atom. The smallest absolute Gasteiger partial charge is 0.338 e. The zero-order chi connectivity index (χ0) is 19.6. The molecule has 0 unspecified atom stereocenters. The van der Waals surface area contributed by atoms with Crippen LogP contribution in [-0.2, 0) is 17.5 Å². The summed E-state index contributed by atoms with van der Waals surface area (Å²) in [5.41, 5.74) is -0.891. The first-order chi connectivity index (χ1) is 12.8. The topological polar surface area (TPSA) is 97.1 Å². The Morgan fingerprint density at radius 1 is 1.11 bits per heavy atom. The maximum absolute atomic E-state index is 12.7. The van der Waals surface area contributed by atoms with Crippen LogP contribution in [-0.4, -0.2) is 73.0 Å². The average Bonchev–Trinajstić information content (AvgIpc) is 3.13. The third-order valence-corrected chi connectivity index (χ3v) is 4.21. The van der Waals surface area contributed by atoms with Gasteiger partial charge in [-0.15, -0.1) is 5.10 Å². The molecule has 9 nitrogen and oxygen atoms in total. The van der Waals surface area contributed by atoms with E-state index in [0.717, 1.165) is 12.1 Å². The Labute approximate surface area is 151 Å². The summed E-state index contributed by atoms with van der Waals surface area (Å²) in [6.45, 7) is 2.57.